The largest absolute Gasteiger partial charge is 0.416 e. The minimum absolute atomic E-state index is 0.274. The van der Waals surface area contributed by atoms with Crippen molar-refractivity contribution in [2.45, 2.75) is 52.0 Å². The van der Waals surface area contributed by atoms with Crippen LogP contribution in [-0.4, -0.2) is 24.8 Å². The van der Waals surface area contributed by atoms with Gasteiger partial charge in [0.15, 0.2) is 0 Å². The number of halogens is 3. The third-order valence-electron chi connectivity index (χ3n) is 3.73. The summed E-state index contributed by atoms with van der Waals surface area (Å²) in [6.07, 6.45) is -4.46. The maximum Gasteiger partial charge on any atom is 0.416 e. The average molecular weight is 336 g/mol. The molecule has 0 bridgehead atoms. The molecule has 1 aliphatic rings. The maximum absolute atomic E-state index is 12.9. The van der Waals surface area contributed by atoms with E-state index in [0.29, 0.717) is 11.1 Å². The van der Waals surface area contributed by atoms with E-state index in [1.807, 2.05) is 0 Å². The van der Waals surface area contributed by atoms with E-state index < -0.39 is 34.0 Å². The third kappa shape index (κ3) is 3.13. The van der Waals surface area contributed by atoms with Crippen LogP contribution in [0.4, 0.5) is 13.2 Å². The van der Waals surface area contributed by atoms with Crippen LogP contribution in [0.3, 0.4) is 0 Å². The number of nitrogens with zero attached hydrogens (tertiary/aromatic N) is 1. The van der Waals surface area contributed by atoms with Crippen molar-refractivity contribution in [2.75, 3.05) is 0 Å². The number of rotatable bonds is 2. The molecule has 1 aromatic rings. The number of aryl methyl sites for hydroxylation is 1. The Morgan fingerprint density at radius 3 is 2.27 bits per heavy atom. The molecule has 2 rings (SSSR count). The predicted molar refractivity (Wildman–Crippen MR) is 77.4 cm³/mol. The molecule has 0 spiro atoms. The van der Waals surface area contributed by atoms with E-state index in [-0.39, 0.29) is 6.04 Å². The Bertz CT molecular complexity index is 671. The smallest absolute Gasteiger partial charge is 0.195 e. The van der Waals surface area contributed by atoms with Gasteiger partial charge in [0.25, 0.3) is 10.2 Å². The first-order valence-corrected chi connectivity index (χ1v) is 8.37. The molecule has 1 fully saturated rings. The summed E-state index contributed by atoms with van der Waals surface area (Å²) in [5.74, 6) is 0. The van der Waals surface area contributed by atoms with E-state index in [0.717, 1.165) is 12.1 Å². The highest BCUT2D eigenvalue weighted by molar-refractivity contribution is 7.87. The SMILES string of the molecule is Cc1cc([C@H]2NS(=O)(=O)N(C(C)C)[C@H]2C)cc(C(F)(F)F)c1. The lowest BCUT2D eigenvalue weighted by Crippen LogP contribution is -2.38. The standard InChI is InChI=1S/C14H19F3N2O2S/c1-8(2)19-10(4)13(18-22(19,20)21)11-5-9(3)6-12(7-11)14(15,16)17/h5-8,10,13,18H,1-4H3/t10-,13-/m0/s1. The van der Waals surface area contributed by atoms with Crippen molar-refractivity contribution in [3.05, 3.63) is 34.9 Å². The number of nitrogens with one attached hydrogen (secondary N) is 1. The van der Waals surface area contributed by atoms with Crippen molar-refractivity contribution < 1.29 is 21.6 Å². The summed E-state index contributed by atoms with van der Waals surface area (Å²) >= 11 is 0. The van der Waals surface area contributed by atoms with Crippen LogP contribution >= 0.6 is 0 Å². The van der Waals surface area contributed by atoms with E-state index in [2.05, 4.69) is 4.72 Å². The maximum atomic E-state index is 12.9. The fourth-order valence-corrected chi connectivity index (χ4v) is 4.83. The summed E-state index contributed by atoms with van der Waals surface area (Å²) in [6.45, 7) is 6.72. The summed E-state index contributed by atoms with van der Waals surface area (Å²) < 4.78 is 66.9. The number of hydrogen-bond donors (Lipinski definition) is 1. The highest BCUT2D eigenvalue weighted by Crippen LogP contribution is 2.36. The molecule has 22 heavy (non-hydrogen) atoms. The molecule has 0 unspecified atom stereocenters. The van der Waals surface area contributed by atoms with Crippen LogP contribution < -0.4 is 4.72 Å². The summed E-state index contributed by atoms with van der Waals surface area (Å²) in [5, 5.41) is 0. The molecule has 0 aromatic heterocycles. The summed E-state index contributed by atoms with van der Waals surface area (Å²) in [6, 6.07) is 2.21. The molecule has 1 aromatic carbocycles. The summed E-state index contributed by atoms with van der Waals surface area (Å²) in [5.41, 5.74) is 0.00247. The minimum atomic E-state index is -4.46. The number of alkyl halides is 3. The van der Waals surface area contributed by atoms with Gasteiger partial charge in [-0.05, 0) is 45.4 Å². The van der Waals surface area contributed by atoms with E-state index in [1.54, 1.807) is 33.8 Å². The fraction of sp³-hybridized carbons (Fsp3) is 0.571. The number of benzene rings is 1. The molecular weight excluding hydrogens is 317 g/mol. The lowest BCUT2D eigenvalue weighted by atomic mass is 9.96. The first kappa shape index (κ1) is 17.2. The van der Waals surface area contributed by atoms with Crippen molar-refractivity contribution in [2.24, 2.45) is 0 Å². The predicted octanol–water partition coefficient (Wildman–Crippen LogP) is 3.00. The van der Waals surface area contributed by atoms with Gasteiger partial charge in [0.2, 0.25) is 0 Å². The number of hydrogen-bond acceptors (Lipinski definition) is 2. The normalized spacial score (nSPS) is 25.8. The van der Waals surface area contributed by atoms with Gasteiger partial charge in [-0.2, -0.15) is 30.6 Å². The molecule has 1 N–H and O–H groups in total. The van der Waals surface area contributed by atoms with Crippen LogP contribution in [0.2, 0.25) is 0 Å². The molecule has 4 nitrogen and oxygen atoms in total. The first-order valence-electron chi connectivity index (χ1n) is 6.93. The molecule has 0 amide bonds. The van der Waals surface area contributed by atoms with Gasteiger partial charge in [0.1, 0.15) is 0 Å². The molecule has 2 atom stereocenters. The molecule has 1 heterocycles. The Labute approximate surface area is 128 Å². The topological polar surface area (TPSA) is 49.4 Å². The van der Waals surface area contributed by atoms with Gasteiger partial charge < -0.3 is 0 Å². The van der Waals surface area contributed by atoms with Crippen molar-refractivity contribution in [1.29, 1.82) is 0 Å². The van der Waals surface area contributed by atoms with Gasteiger partial charge in [0, 0.05) is 12.1 Å². The van der Waals surface area contributed by atoms with Gasteiger partial charge in [-0.3, -0.25) is 0 Å². The second-order valence-corrected chi connectivity index (χ2v) is 7.50. The summed E-state index contributed by atoms with van der Waals surface area (Å²) in [7, 11) is -3.69. The molecule has 1 saturated heterocycles. The Balaban J connectivity index is 2.48. The van der Waals surface area contributed by atoms with Crippen molar-refractivity contribution >= 4 is 10.2 Å². The van der Waals surface area contributed by atoms with E-state index in [9.17, 15) is 21.6 Å². The molecule has 1 aliphatic heterocycles. The Morgan fingerprint density at radius 1 is 1.23 bits per heavy atom. The Morgan fingerprint density at radius 2 is 1.82 bits per heavy atom. The molecular formula is C14H19F3N2O2S. The zero-order valence-corrected chi connectivity index (χ0v) is 13.6. The third-order valence-corrected chi connectivity index (χ3v) is 5.59. The quantitative estimate of drug-likeness (QED) is 0.902. The van der Waals surface area contributed by atoms with Crippen LogP contribution in [0.1, 0.15) is 43.5 Å². The van der Waals surface area contributed by atoms with Crippen molar-refractivity contribution in [3.63, 3.8) is 0 Å². The zero-order valence-electron chi connectivity index (χ0n) is 12.8. The van der Waals surface area contributed by atoms with Gasteiger partial charge in [-0.25, -0.2) is 0 Å². The summed E-state index contributed by atoms with van der Waals surface area (Å²) in [4.78, 5) is 0. The van der Waals surface area contributed by atoms with Gasteiger partial charge in [-0.1, -0.05) is 11.6 Å². The molecule has 124 valence electrons. The molecule has 0 radical (unpaired) electrons. The lowest BCUT2D eigenvalue weighted by molar-refractivity contribution is -0.137. The fourth-order valence-electron chi connectivity index (χ4n) is 2.94. The van der Waals surface area contributed by atoms with Gasteiger partial charge >= 0.3 is 6.18 Å². The molecule has 8 heteroatoms. The van der Waals surface area contributed by atoms with Crippen LogP contribution in [0.25, 0.3) is 0 Å². The molecule has 0 saturated carbocycles. The van der Waals surface area contributed by atoms with Crippen LogP contribution in [0, 0.1) is 6.92 Å². The van der Waals surface area contributed by atoms with Crippen LogP contribution in [0.5, 0.6) is 0 Å². The first-order chi connectivity index (χ1) is 9.93. The lowest BCUT2D eigenvalue weighted by Gasteiger charge is -2.25. The van der Waals surface area contributed by atoms with E-state index >= 15 is 0 Å². The van der Waals surface area contributed by atoms with Crippen LogP contribution in [0.15, 0.2) is 18.2 Å². The van der Waals surface area contributed by atoms with E-state index in [4.69, 9.17) is 0 Å². The zero-order chi connectivity index (χ0) is 16.9. The van der Waals surface area contributed by atoms with E-state index in [1.165, 1.54) is 4.31 Å². The minimum Gasteiger partial charge on any atom is -0.195 e. The van der Waals surface area contributed by atoms with Crippen molar-refractivity contribution in [3.8, 4) is 0 Å². The highest BCUT2D eigenvalue weighted by Gasteiger charge is 2.44. The van der Waals surface area contributed by atoms with Gasteiger partial charge in [-0.15, -0.1) is 0 Å². The van der Waals surface area contributed by atoms with Crippen molar-refractivity contribution in [1.82, 2.24) is 9.03 Å². The second kappa shape index (κ2) is 5.50. The second-order valence-electron chi connectivity index (χ2n) is 5.89. The molecule has 0 aliphatic carbocycles. The van der Waals surface area contributed by atoms with Gasteiger partial charge in [0.05, 0.1) is 11.6 Å². The monoisotopic (exact) mass is 336 g/mol. The average Bonchev–Trinajstić information content (AvgIpc) is 2.57. The Hall–Kier alpha value is -1.12. The highest BCUT2D eigenvalue weighted by atomic mass is 32.2. The van der Waals surface area contributed by atoms with Crippen LogP contribution in [-0.2, 0) is 16.4 Å². The Kier molecular flexibility index (Phi) is 4.31.